The van der Waals surface area contributed by atoms with Crippen LogP contribution < -0.4 is 5.73 Å². The Bertz CT molecular complexity index is 178. The second-order valence-corrected chi connectivity index (χ2v) is 4.44. The van der Waals surface area contributed by atoms with Crippen LogP contribution in [-0.4, -0.2) is 54.5 Å². The number of hydrogen-bond acceptors (Lipinski definition) is 4. The van der Waals surface area contributed by atoms with E-state index in [0.717, 1.165) is 19.4 Å². The van der Waals surface area contributed by atoms with Crippen molar-refractivity contribution in [3.63, 3.8) is 0 Å². The molecule has 0 amide bonds. The fourth-order valence-corrected chi connectivity index (χ4v) is 2.11. The molecule has 3 atom stereocenters. The second kappa shape index (κ2) is 6.43. The van der Waals surface area contributed by atoms with Crippen LogP contribution in [0, 0.1) is 0 Å². The molecule has 0 spiro atoms. The monoisotopic (exact) mass is 216 g/mol. The average Bonchev–Trinajstić information content (AvgIpc) is 2.19. The molecule has 1 rings (SSSR count). The van der Waals surface area contributed by atoms with Crippen LogP contribution in [0.15, 0.2) is 0 Å². The van der Waals surface area contributed by atoms with E-state index in [2.05, 4.69) is 11.8 Å². The van der Waals surface area contributed by atoms with Gasteiger partial charge in [0.1, 0.15) is 0 Å². The Morgan fingerprint density at radius 1 is 1.60 bits per heavy atom. The maximum absolute atomic E-state index is 9.72. The van der Waals surface area contributed by atoms with Gasteiger partial charge in [-0.15, -0.1) is 0 Å². The van der Waals surface area contributed by atoms with Gasteiger partial charge >= 0.3 is 0 Å². The first-order valence-corrected chi connectivity index (χ1v) is 5.89. The Kier molecular flexibility index (Phi) is 5.53. The van der Waals surface area contributed by atoms with Crippen molar-refractivity contribution >= 4 is 0 Å². The van der Waals surface area contributed by atoms with Gasteiger partial charge in [-0.1, -0.05) is 0 Å². The summed E-state index contributed by atoms with van der Waals surface area (Å²) in [7, 11) is 0. The van der Waals surface area contributed by atoms with Crippen molar-refractivity contribution in [2.45, 2.75) is 44.9 Å². The molecule has 1 fully saturated rings. The normalized spacial score (nSPS) is 30.4. The molecule has 0 radical (unpaired) electrons. The van der Waals surface area contributed by atoms with Crippen LogP contribution in [0.4, 0.5) is 0 Å². The third-order valence-corrected chi connectivity index (χ3v) is 3.01. The van der Waals surface area contributed by atoms with Gasteiger partial charge in [0.05, 0.1) is 12.7 Å². The Morgan fingerprint density at radius 2 is 2.33 bits per heavy atom. The lowest BCUT2D eigenvalue weighted by Crippen LogP contribution is -2.48. The standard InChI is InChI=1S/C11H24N2O2/c1-3-15-8-11(14)7-13-5-4-10(12)6-9(13)2/h9-11,14H,3-8,12H2,1-2H3. The summed E-state index contributed by atoms with van der Waals surface area (Å²) in [4.78, 5) is 2.30. The molecule has 0 saturated carbocycles. The van der Waals surface area contributed by atoms with E-state index in [1.807, 2.05) is 6.92 Å². The molecule has 1 aliphatic rings. The molecule has 90 valence electrons. The highest BCUT2D eigenvalue weighted by atomic mass is 16.5. The molecule has 0 bridgehead atoms. The van der Waals surface area contributed by atoms with E-state index in [9.17, 15) is 5.11 Å². The van der Waals surface area contributed by atoms with Crippen LogP contribution in [-0.2, 0) is 4.74 Å². The zero-order chi connectivity index (χ0) is 11.3. The summed E-state index contributed by atoms with van der Waals surface area (Å²) in [5.74, 6) is 0. The number of hydrogen-bond donors (Lipinski definition) is 2. The largest absolute Gasteiger partial charge is 0.389 e. The number of ether oxygens (including phenoxy) is 1. The Balaban J connectivity index is 2.25. The first-order chi connectivity index (χ1) is 7.13. The zero-order valence-electron chi connectivity index (χ0n) is 9.85. The van der Waals surface area contributed by atoms with Crippen molar-refractivity contribution in [2.75, 3.05) is 26.3 Å². The van der Waals surface area contributed by atoms with E-state index >= 15 is 0 Å². The van der Waals surface area contributed by atoms with E-state index in [1.54, 1.807) is 0 Å². The minimum absolute atomic E-state index is 0.334. The topological polar surface area (TPSA) is 58.7 Å². The summed E-state index contributed by atoms with van der Waals surface area (Å²) in [6.45, 7) is 6.91. The maximum Gasteiger partial charge on any atom is 0.0900 e. The molecule has 3 unspecified atom stereocenters. The maximum atomic E-state index is 9.72. The number of nitrogens with two attached hydrogens (primary N) is 1. The fourth-order valence-electron chi connectivity index (χ4n) is 2.11. The van der Waals surface area contributed by atoms with Crippen LogP contribution in [0.3, 0.4) is 0 Å². The second-order valence-electron chi connectivity index (χ2n) is 4.44. The van der Waals surface area contributed by atoms with Crippen molar-refractivity contribution in [3.05, 3.63) is 0 Å². The molecule has 1 saturated heterocycles. The van der Waals surface area contributed by atoms with Gasteiger partial charge in [-0.2, -0.15) is 0 Å². The summed E-state index contributed by atoms with van der Waals surface area (Å²) in [5.41, 5.74) is 5.88. The molecular formula is C11H24N2O2. The summed E-state index contributed by atoms with van der Waals surface area (Å²) >= 11 is 0. The SMILES string of the molecule is CCOCC(O)CN1CCC(N)CC1C. The zero-order valence-corrected chi connectivity index (χ0v) is 9.85. The first kappa shape index (κ1) is 12.9. The third-order valence-electron chi connectivity index (χ3n) is 3.01. The lowest BCUT2D eigenvalue weighted by atomic mass is 9.99. The molecule has 1 aliphatic heterocycles. The van der Waals surface area contributed by atoms with E-state index in [1.165, 1.54) is 0 Å². The van der Waals surface area contributed by atoms with Crippen LogP contribution >= 0.6 is 0 Å². The van der Waals surface area contributed by atoms with Crippen molar-refractivity contribution in [3.8, 4) is 0 Å². The van der Waals surface area contributed by atoms with E-state index in [0.29, 0.717) is 31.8 Å². The van der Waals surface area contributed by atoms with E-state index < -0.39 is 0 Å². The molecule has 4 nitrogen and oxygen atoms in total. The molecule has 0 aromatic carbocycles. The highest BCUT2D eigenvalue weighted by molar-refractivity contribution is 4.81. The van der Waals surface area contributed by atoms with Crippen molar-refractivity contribution < 1.29 is 9.84 Å². The number of likely N-dealkylation sites (tertiary alicyclic amines) is 1. The predicted octanol–water partition coefficient (Wildman–Crippen LogP) is 0.195. The van der Waals surface area contributed by atoms with Gasteiger partial charge in [-0.25, -0.2) is 0 Å². The van der Waals surface area contributed by atoms with Gasteiger partial charge in [0.25, 0.3) is 0 Å². The van der Waals surface area contributed by atoms with Gasteiger partial charge in [-0.05, 0) is 33.2 Å². The lowest BCUT2D eigenvalue weighted by Gasteiger charge is -2.37. The molecule has 0 aliphatic carbocycles. The first-order valence-electron chi connectivity index (χ1n) is 5.89. The van der Waals surface area contributed by atoms with Crippen LogP contribution in [0.2, 0.25) is 0 Å². The molecule has 15 heavy (non-hydrogen) atoms. The molecule has 0 aromatic heterocycles. The molecule has 0 aromatic rings. The average molecular weight is 216 g/mol. The number of nitrogens with zero attached hydrogens (tertiary/aromatic N) is 1. The van der Waals surface area contributed by atoms with Crippen molar-refractivity contribution in [2.24, 2.45) is 5.73 Å². The number of aliphatic hydroxyl groups is 1. The van der Waals surface area contributed by atoms with Crippen LogP contribution in [0.1, 0.15) is 26.7 Å². The number of aliphatic hydroxyl groups excluding tert-OH is 1. The summed E-state index contributed by atoms with van der Waals surface area (Å²) in [5, 5.41) is 9.72. The van der Waals surface area contributed by atoms with Gasteiger partial charge in [0.15, 0.2) is 0 Å². The Labute approximate surface area is 92.4 Å². The minimum Gasteiger partial charge on any atom is -0.389 e. The fraction of sp³-hybridized carbons (Fsp3) is 1.00. The summed E-state index contributed by atoms with van der Waals surface area (Å²) in [6, 6.07) is 0.810. The van der Waals surface area contributed by atoms with Gasteiger partial charge in [0, 0.05) is 25.2 Å². The Hall–Kier alpha value is -0.160. The molecular weight excluding hydrogens is 192 g/mol. The van der Waals surface area contributed by atoms with Gasteiger partial charge in [0.2, 0.25) is 0 Å². The predicted molar refractivity (Wildman–Crippen MR) is 60.7 cm³/mol. The molecule has 4 heteroatoms. The van der Waals surface area contributed by atoms with Gasteiger partial charge in [-0.3, -0.25) is 4.90 Å². The van der Waals surface area contributed by atoms with E-state index in [4.69, 9.17) is 10.5 Å². The van der Waals surface area contributed by atoms with Crippen LogP contribution in [0.5, 0.6) is 0 Å². The van der Waals surface area contributed by atoms with Gasteiger partial charge < -0.3 is 15.6 Å². The highest BCUT2D eigenvalue weighted by Crippen LogP contribution is 2.15. The lowest BCUT2D eigenvalue weighted by molar-refractivity contribution is 0.00629. The quantitative estimate of drug-likeness (QED) is 0.689. The van der Waals surface area contributed by atoms with E-state index in [-0.39, 0.29) is 6.10 Å². The number of rotatable bonds is 5. The smallest absolute Gasteiger partial charge is 0.0900 e. The number of piperidine rings is 1. The van der Waals surface area contributed by atoms with Crippen molar-refractivity contribution in [1.29, 1.82) is 0 Å². The summed E-state index contributed by atoms with van der Waals surface area (Å²) < 4.78 is 5.19. The molecule has 1 heterocycles. The van der Waals surface area contributed by atoms with Crippen molar-refractivity contribution in [1.82, 2.24) is 4.90 Å². The highest BCUT2D eigenvalue weighted by Gasteiger charge is 2.24. The minimum atomic E-state index is -0.373. The number of β-amino-alcohol motifs (C(OH)–C–C–N with tert-alkyl or cyclic N) is 1. The molecule has 3 N–H and O–H groups in total. The Morgan fingerprint density at radius 3 is 2.93 bits per heavy atom. The summed E-state index contributed by atoms with van der Waals surface area (Å²) in [6.07, 6.45) is 1.69. The van der Waals surface area contributed by atoms with Crippen LogP contribution in [0.25, 0.3) is 0 Å². The third kappa shape index (κ3) is 4.47.